The summed E-state index contributed by atoms with van der Waals surface area (Å²) >= 11 is 0. The maximum absolute atomic E-state index is 5.30. The normalized spacial score (nSPS) is 11.8. The Hall–Kier alpha value is -9.12. The van der Waals surface area contributed by atoms with Gasteiger partial charge < -0.3 is 9.13 Å². The predicted molar refractivity (Wildman–Crippen MR) is 285 cm³/mol. The van der Waals surface area contributed by atoms with Crippen molar-refractivity contribution in [2.75, 3.05) is 0 Å². The number of hydrogen-bond acceptors (Lipinski definition) is 2. The smallest absolute Gasteiger partial charge is 0.0973 e. The van der Waals surface area contributed by atoms with E-state index in [0.29, 0.717) is 0 Å². The maximum atomic E-state index is 5.30. The second-order valence-electron chi connectivity index (χ2n) is 17.7. The molecular weight excluding hydrogens is 825 g/mol. The van der Waals surface area contributed by atoms with Crippen molar-refractivity contribution in [1.82, 2.24) is 19.1 Å². The molecule has 0 aliphatic carbocycles. The first-order valence-electron chi connectivity index (χ1n) is 23.2. The van der Waals surface area contributed by atoms with Crippen molar-refractivity contribution in [3.05, 3.63) is 243 Å². The van der Waals surface area contributed by atoms with E-state index in [1.54, 1.807) is 0 Å². The van der Waals surface area contributed by atoms with Crippen molar-refractivity contribution < 1.29 is 0 Å². The topological polar surface area (TPSA) is 35.6 Å². The minimum absolute atomic E-state index is 0.857. The van der Waals surface area contributed by atoms with E-state index < -0.39 is 0 Å². The standard InChI is InChI=1S/C64H40N4/c1-3-17-49-47(15-1)45(37-39-61(49)67-57-25-11-5-19-51(57)52-20-6-12-26-58(52)67)41-29-33-43(34-30-41)63-64(66-56-24-10-9-23-55(56)65-63)44-35-31-42(32-36-44)46-38-40-62(50-18-4-2-16-48(46)50)68-59-27-13-7-21-53(59)54-22-8-14-28-60(54)68/h1-40H. The Morgan fingerprint density at radius 2 is 0.500 bits per heavy atom. The van der Waals surface area contributed by atoms with Crippen LogP contribution in [0.1, 0.15) is 0 Å². The molecule has 0 spiro atoms. The monoisotopic (exact) mass is 864 g/mol. The SMILES string of the molecule is c1ccc2nc(-c3ccc(-c4ccc(-n5c6ccccc6c6ccccc65)c5ccccc45)cc3)c(-c3ccc(-c4ccc(-n5c6ccccc6c6ccccc65)c5ccccc45)cc3)nc2c1. The molecule has 4 heteroatoms. The van der Waals surface area contributed by atoms with E-state index in [-0.39, 0.29) is 0 Å². The largest absolute Gasteiger partial charge is 0.309 e. The van der Waals surface area contributed by atoms with Gasteiger partial charge in [0.05, 0.1) is 55.9 Å². The van der Waals surface area contributed by atoms with E-state index in [1.807, 2.05) is 24.3 Å². The zero-order valence-electron chi connectivity index (χ0n) is 36.9. The molecule has 0 aliphatic heterocycles. The van der Waals surface area contributed by atoms with Crippen LogP contribution < -0.4 is 0 Å². The van der Waals surface area contributed by atoms with Gasteiger partial charge in [0.25, 0.3) is 0 Å². The maximum Gasteiger partial charge on any atom is 0.0973 e. The number of hydrogen-bond donors (Lipinski definition) is 0. The molecule has 0 radical (unpaired) electrons. The summed E-state index contributed by atoms with van der Waals surface area (Å²) in [7, 11) is 0. The molecule has 3 aromatic heterocycles. The van der Waals surface area contributed by atoms with E-state index >= 15 is 0 Å². The van der Waals surface area contributed by atoms with Gasteiger partial charge in [0.1, 0.15) is 0 Å². The van der Waals surface area contributed by atoms with Crippen molar-refractivity contribution in [2.24, 2.45) is 0 Å². The van der Waals surface area contributed by atoms with Gasteiger partial charge in [-0.25, -0.2) is 9.97 Å². The molecule has 3 heterocycles. The molecule has 0 unspecified atom stereocenters. The highest BCUT2D eigenvalue weighted by Gasteiger charge is 2.19. The third-order valence-corrected chi connectivity index (χ3v) is 14.0. The number of rotatable bonds is 6. The van der Waals surface area contributed by atoms with Crippen LogP contribution in [0.4, 0.5) is 0 Å². The third kappa shape index (κ3) is 5.87. The molecule has 0 bridgehead atoms. The molecule has 68 heavy (non-hydrogen) atoms. The number of nitrogens with zero attached hydrogens (tertiary/aromatic N) is 4. The quantitative estimate of drug-likeness (QED) is 0.167. The third-order valence-electron chi connectivity index (χ3n) is 14.0. The fraction of sp³-hybridized carbons (Fsp3) is 0. The molecule has 0 saturated carbocycles. The molecule has 0 amide bonds. The Morgan fingerprint density at radius 1 is 0.221 bits per heavy atom. The molecule has 14 rings (SSSR count). The summed E-state index contributed by atoms with van der Waals surface area (Å²) in [6.07, 6.45) is 0. The molecule has 0 atom stereocenters. The van der Waals surface area contributed by atoms with Crippen LogP contribution in [0.25, 0.3) is 132 Å². The minimum atomic E-state index is 0.857. The molecule has 0 fully saturated rings. The van der Waals surface area contributed by atoms with E-state index in [9.17, 15) is 0 Å². The lowest BCUT2D eigenvalue weighted by molar-refractivity contribution is 1.20. The van der Waals surface area contributed by atoms with Gasteiger partial charge in [0, 0.05) is 43.4 Å². The minimum Gasteiger partial charge on any atom is -0.309 e. The Kier molecular flexibility index (Phi) is 8.55. The molecular formula is C64H40N4. The van der Waals surface area contributed by atoms with Crippen LogP contribution in [-0.2, 0) is 0 Å². The van der Waals surface area contributed by atoms with Gasteiger partial charge in [0.2, 0.25) is 0 Å². The Labute approximate surface area is 392 Å². The molecule has 0 aliphatic rings. The number of fused-ring (bicyclic) bond motifs is 9. The number of para-hydroxylation sites is 6. The highest BCUT2D eigenvalue weighted by molar-refractivity contribution is 6.13. The first kappa shape index (κ1) is 38.2. The average Bonchev–Trinajstić information content (AvgIpc) is 3.93. The highest BCUT2D eigenvalue weighted by atomic mass is 15.0. The van der Waals surface area contributed by atoms with E-state index in [2.05, 4.69) is 228 Å². The average molecular weight is 865 g/mol. The van der Waals surface area contributed by atoms with Crippen LogP contribution in [0.3, 0.4) is 0 Å². The Morgan fingerprint density at radius 3 is 0.853 bits per heavy atom. The zero-order valence-corrected chi connectivity index (χ0v) is 36.9. The van der Waals surface area contributed by atoms with Crippen molar-refractivity contribution in [2.45, 2.75) is 0 Å². The lowest BCUT2D eigenvalue weighted by Gasteiger charge is -2.16. The van der Waals surface area contributed by atoms with E-state index in [1.165, 1.54) is 87.7 Å². The fourth-order valence-electron chi connectivity index (χ4n) is 10.8. The molecule has 316 valence electrons. The van der Waals surface area contributed by atoms with Crippen molar-refractivity contribution >= 4 is 76.2 Å². The Bertz CT molecular complexity index is 3920. The van der Waals surface area contributed by atoms with Crippen LogP contribution in [0.2, 0.25) is 0 Å². The lowest BCUT2D eigenvalue weighted by atomic mass is 9.94. The van der Waals surface area contributed by atoms with Crippen LogP contribution in [0.15, 0.2) is 243 Å². The second kappa shape index (κ2) is 15.2. The van der Waals surface area contributed by atoms with E-state index in [0.717, 1.165) is 44.7 Å². The summed E-state index contributed by atoms with van der Waals surface area (Å²) in [6, 6.07) is 87.4. The molecule has 14 aromatic rings. The van der Waals surface area contributed by atoms with Crippen molar-refractivity contribution in [3.8, 4) is 56.1 Å². The summed E-state index contributed by atoms with van der Waals surface area (Å²) in [5.74, 6) is 0. The molecule has 4 nitrogen and oxygen atoms in total. The summed E-state index contributed by atoms with van der Waals surface area (Å²) in [5, 5.41) is 9.87. The van der Waals surface area contributed by atoms with Gasteiger partial charge in [0.15, 0.2) is 0 Å². The molecule has 11 aromatic carbocycles. The number of benzene rings is 11. The predicted octanol–water partition coefficient (Wildman–Crippen LogP) is 16.8. The van der Waals surface area contributed by atoms with Crippen molar-refractivity contribution in [3.63, 3.8) is 0 Å². The van der Waals surface area contributed by atoms with E-state index in [4.69, 9.17) is 9.97 Å². The second-order valence-corrected chi connectivity index (χ2v) is 17.7. The van der Waals surface area contributed by atoms with Crippen LogP contribution in [-0.4, -0.2) is 19.1 Å². The summed E-state index contributed by atoms with van der Waals surface area (Å²) < 4.78 is 4.83. The number of aromatic nitrogens is 4. The first-order chi connectivity index (χ1) is 33.7. The van der Waals surface area contributed by atoms with Crippen LogP contribution in [0.5, 0.6) is 0 Å². The van der Waals surface area contributed by atoms with Gasteiger partial charge in [-0.1, -0.05) is 194 Å². The van der Waals surface area contributed by atoms with Gasteiger partial charge in [-0.05, 0) is 81.6 Å². The van der Waals surface area contributed by atoms with Gasteiger partial charge in [-0.2, -0.15) is 0 Å². The summed E-state index contributed by atoms with van der Waals surface area (Å²) in [4.78, 5) is 10.6. The van der Waals surface area contributed by atoms with Crippen LogP contribution >= 0.6 is 0 Å². The van der Waals surface area contributed by atoms with Gasteiger partial charge >= 0.3 is 0 Å². The summed E-state index contributed by atoms with van der Waals surface area (Å²) in [5.41, 5.74) is 17.3. The fourth-order valence-corrected chi connectivity index (χ4v) is 10.8. The van der Waals surface area contributed by atoms with Crippen molar-refractivity contribution in [1.29, 1.82) is 0 Å². The highest BCUT2D eigenvalue weighted by Crippen LogP contribution is 2.41. The van der Waals surface area contributed by atoms with Gasteiger partial charge in [-0.3, -0.25) is 0 Å². The molecule has 0 N–H and O–H groups in total. The van der Waals surface area contributed by atoms with Crippen LogP contribution in [0, 0.1) is 0 Å². The first-order valence-corrected chi connectivity index (χ1v) is 23.2. The van der Waals surface area contributed by atoms with Gasteiger partial charge in [-0.15, -0.1) is 0 Å². The Balaban J connectivity index is 0.845. The molecule has 0 saturated heterocycles. The zero-order chi connectivity index (χ0) is 44.7. The summed E-state index contributed by atoms with van der Waals surface area (Å²) in [6.45, 7) is 0. The lowest BCUT2D eigenvalue weighted by Crippen LogP contribution is -1.97.